The normalized spacial score (nSPS) is 10.3. The molecule has 122 valence electrons. The SMILES string of the molecule is CCN(Cc1cccc(F)c1)C(=O)CCNC(=O)c1ccsc1. The molecule has 0 unspecified atom stereocenters. The van der Waals surface area contributed by atoms with Crippen molar-refractivity contribution in [3.8, 4) is 0 Å². The van der Waals surface area contributed by atoms with Crippen molar-refractivity contribution in [2.45, 2.75) is 19.9 Å². The van der Waals surface area contributed by atoms with Gasteiger partial charge in [-0.05, 0) is 36.1 Å². The third kappa shape index (κ3) is 5.17. The summed E-state index contributed by atoms with van der Waals surface area (Å²) in [4.78, 5) is 25.6. The predicted octanol–water partition coefficient (Wildman–Crippen LogP) is 3.06. The zero-order valence-electron chi connectivity index (χ0n) is 12.9. The third-order valence-electron chi connectivity index (χ3n) is 3.40. The summed E-state index contributed by atoms with van der Waals surface area (Å²) in [7, 11) is 0. The molecule has 0 aliphatic carbocycles. The molecule has 0 atom stereocenters. The van der Waals surface area contributed by atoms with Gasteiger partial charge in [0.1, 0.15) is 5.82 Å². The van der Waals surface area contributed by atoms with Crippen LogP contribution in [0.2, 0.25) is 0 Å². The standard InChI is InChI=1S/C17H19FN2O2S/c1-2-20(11-13-4-3-5-15(18)10-13)16(21)6-8-19-17(22)14-7-9-23-12-14/h3-5,7,9-10,12H,2,6,8,11H2,1H3,(H,19,22). The predicted molar refractivity (Wildman–Crippen MR) is 88.8 cm³/mol. The second-order valence-corrected chi connectivity index (χ2v) is 5.84. The van der Waals surface area contributed by atoms with Crippen LogP contribution in [0.5, 0.6) is 0 Å². The molecule has 1 heterocycles. The molecule has 0 saturated heterocycles. The first-order valence-electron chi connectivity index (χ1n) is 7.42. The number of hydrogen-bond donors (Lipinski definition) is 1. The van der Waals surface area contributed by atoms with Crippen molar-refractivity contribution >= 4 is 23.2 Å². The summed E-state index contributed by atoms with van der Waals surface area (Å²) < 4.78 is 13.2. The smallest absolute Gasteiger partial charge is 0.252 e. The molecule has 0 bridgehead atoms. The molecular formula is C17H19FN2O2S. The van der Waals surface area contributed by atoms with E-state index in [0.717, 1.165) is 5.56 Å². The Morgan fingerprint density at radius 1 is 1.30 bits per heavy atom. The number of amides is 2. The van der Waals surface area contributed by atoms with Crippen molar-refractivity contribution in [2.75, 3.05) is 13.1 Å². The van der Waals surface area contributed by atoms with Crippen LogP contribution >= 0.6 is 11.3 Å². The maximum absolute atomic E-state index is 13.2. The van der Waals surface area contributed by atoms with Gasteiger partial charge in [0.25, 0.3) is 5.91 Å². The number of benzene rings is 1. The summed E-state index contributed by atoms with van der Waals surface area (Å²) in [5.74, 6) is -0.552. The fourth-order valence-corrected chi connectivity index (χ4v) is 2.80. The summed E-state index contributed by atoms with van der Waals surface area (Å²) in [5.41, 5.74) is 1.36. The highest BCUT2D eigenvalue weighted by molar-refractivity contribution is 7.08. The van der Waals surface area contributed by atoms with Gasteiger partial charge < -0.3 is 10.2 Å². The molecule has 4 nitrogen and oxygen atoms in total. The van der Waals surface area contributed by atoms with E-state index in [1.165, 1.54) is 23.5 Å². The maximum Gasteiger partial charge on any atom is 0.252 e. The van der Waals surface area contributed by atoms with E-state index < -0.39 is 0 Å². The number of nitrogens with zero attached hydrogens (tertiary/aromatic N) is 1. The molecule has 0 saturated carbocycles. The first-order chi connectivity index (χ1) is 11.1. The van der Waals surface area contributed by atoms with Gasteiger partial charge in [0.15, 0.2) is 0 Å². The fourth-order valence-electron chi connectivity index (χ4n) is 2.17. The van der Waals surface area contributed by atoms with Crippen LogP contribution in [-0.4, -0.2) is 29.8 Å². The van der Waals surface area contributed by atoms with Crippen molar-refractivity contribution in [3.05, 3.63) is 58.0 Å². The van der Waals surface area contributed by atoms with Crippen LogP contribution in [0.3, 0.4) is 0 Å². The molecule has 6 heteroatoms. The van der Waals surface area contributed by atoms with Crippen LogP contribution in [0.1, 0.15) is 29.3 Å². The first kappa shape index (κ1) is 17.1. The largest absolute Gasteiger partial charge is 0.351 e. The quantitative estimate of drug-likeness (QED) is 0.846. The van der Waals surface area contributed by atoms with Gasteiger partial charge in [-0.2, -0.15) is 11.3 Å². The minimum absolute atomic E-state index is 0.0672. The third-order valence-corrected chi connectivity index (χ3v) is 4.09. The Morgan fingerprint density at radius 3 is 2.78 bits per heavy atom. The summed E-state index contributed by atoms with van der Waals surface area (Å²) in [6.07, 6.45) is 0.221. The number of rotatable bonds is 7. The van der Waals surface area contributed by atoms with Gasteiger partial charge in [0.2, 0.25) is 5.91 Å². The lowest BCUT2D eigenvalue weighted by atomic mass is 10.2. The summed E-state index contributed by atoms with van der Waals surface area (Å²) in [6, 6.07) is 7.96. The highest BCUT2D eigenvalue weighted by Gasteiger charge is 2.13. The Bertz CT molecular complexity index is 658. The topological polar surface area (TPSA) is 49.4 Å². The Morgan fingerprint density at radius 2 is 2.13 bits per heavy atom. The molecule has 0 aliphatic heterocycles. The summed E-state index contributed by atoms with van der Waals surface area (Å²) in [5, 5.41) is 6.32. The molecule has 2 aromatic rings. The number of carbonyl (C=O) groups is 2. The van der Waals surface area contributed by atoms with Gasteiger partial charge in [0.05, 0.1) is 0 Å². The van der Waals surface area contributed by atoms with E-state index >= 15 is 0 Å². The summed E-state index contributed by atoms with van der Waals surface area (Å²) in [6.45, 7) is 3.06. The average Bonchev–Trinajstić information content (AvgIpc) is 3.07. The van der Waals surface area contributed by atoms with Gasteiger partial charge in [-0.15, -0.1) is 0 Å². The van der Waals surface area contributed by atoms with E-state index in [9.17, 15) is 14.0 Å². The first-order valence-corrected chi connectivity index (χ1v) is 8.37. The zero-order chi connectivity index (χ0) is 16.7. The van der Waals surface area contributed by atoms with Gasteiger partial charge in [0, 0.05) is 37.0 Å². The Labute approximate surface area is 138 Å². The molecule has 0 fully saturated rings. The molecule has 1 N–H and O–H groups in total. The Kier molecular flexibility index (Phi) is 6.29. The number of carbonyl (C=O) groups excluding carboxylic acids is 2. The molecule has 2 rings (SSSR count). The fraction of sp³-hybridized carbons (Fsp3) is 0.294. The molecule has 0 spiro atoms. The molecule has 1 aromatic heterocycles. The van der Waals surface area contributed by atoms with Gasteiger partial charge in [-0.1, -0.05) is 12.1 Å². The zero-order valence-corrected chi connectivity index (χ0v) is 13.7. The van der Waals surface area contributed by atoms with Crippen LogP contribution in [-0.2, 0) is 11.3 Å². The lowest BCUT2D eigenvalue weighted by Crippen LogP contribution is -2.34. The van der Waals surface area contributed by atoms with Crippen molar-refractivity contribution in [2.24, 2.45) is 0 Å². The van der Waals surface area contributed by atoms with E-state index in [1.54, 1.807) is 28.5 Å². The lowest BCUT2D eigenvalue weighted by molar-refractivity contribution is -0.131. The second kappa shape index (κ2) is 8.43. The van der Waals surface area contributed by atoms with Crippen LogP contribution in [0.4, 0.5) is 4.39 Å². The van der Waals surface area contributed by atoms with E-state index in [0.29, 0.717) is 18.7 Å². The highest BCUT2D eigenvalue weighted by atomic mass is 32.1. The van der Waals surface area contributed by atoms with Gasteiger partial charge in [-0.3, -0.25) is 9.59 Å². The molecule has 23 heavy (non-hydrogen) atoms. The summed E-state index contributed by atoms with van der Waals surface area (Å²) >= 11 is 1.45. The van der Waals surface area contributed by atoms with E-state index in [1.807, 2.05) is 12.3 Å². The van der Waals surface area contributed by atoms with Crippen molar-refractivity contribution in [1.29, 1.82) is 0 Å². The second-order valence-electron chi connectivity index (χ2n) is 5.06. The Hall–Kier alpha value is -2.21. The Balaban J connectivity index is 1.82. The van der Waals surface area contributed by atoms with Gasteiger partial charge >= 0.3 is 0 Å². The molecule has 0 aliphatic rings. The lowest BCUT2D eigenvalue weighted by Gasteiger charge is -2.21. The van der Waals surface area contributed by atoms with E-state index in [-0.39, 0.29) is 30.6 Å². The highest BCUT2D eigenvalue weighted by Crippen LogP contribution is 2.09. The van der Waals surface area contributed by atoms with Crippen LogP contribution in [0.25, 0.3) is 0 Å². The molecule has 2 amide bonds. The number of thiophene rings is 1. The molecular weight excluding hydrogens is 315 g/mol. The van der Waals surface area contributed by atoms with Crippen molar-refractivity contribution < 1.29 is 14.0 Å². The monoisotopic (exact) mass is 334 g/mol. The molecule has 1 aromatic carbocycles. The van der Waals surface area contributed by atoms with Gasteiger partial charge in [-0.25, -0.2) is 4.39 Å². The minimum Gasteiger partial charge on any atom is -0.351 e. The van der Waals surface area contributed by atoms with Crippen LogP contribution in [0, 0.1) is 5.82 Å². The average molecular weight is 334 g/mol. The maximum atomic E-state index is 13.2. The molecule has 0 radical (unpaired) electrons. The minimum atomic E-state index is -0.311. The number of halogens is 1. The van der Waals surface area contributed by atoms with Crippen LogP contribution in [0.15, 0.2) is 41.1 Å². The van der Waals surface area contributed by atoms with E-state index in [2.05, 4.69) is 5.32 Å². The van der Waals surface area contributed by atoms with Crippen LogP contribution < -0.4 is 5.32 Å². The van der Waals surface area contributed by atoms with Crippen molar-refractivity contribution in [1.82, 2.24) is 10.2 Å². The number of nitrogens with one attached hydrogen (secondary N) is 1. The number of hydrogen-bond acceptors (Lipinski definition) is 3. The van der Waals surface area contributed by atoms with E-state index in [4.69, 9.17) is 0 Å². The van der Waals surface area contributed by atoms with Crippen molar-refractivity contribution in [3.63, 3.8) is 0 Å².